The van der Waals surface area contributed by atoms with E-state index in [4.69, 9.17) is 17.3 Å². The number of aliphatic hydroxyl groups is 1. The van der Waals surface area contributed by atoms with Crippen molar-refractivity contribution in [2.75, 3.05) is 12.3 Å². The summed E-state index contributed by atoms with van der Waals surface area (Å²) in [5, 5.41) is 8.97. The zero-order valence-electron chi connectivity index (χ0n) is 14.4. The van der Waals surface area contributed by atoms with Gasteiger partial charge in [-0.15, -0.1) is 0 Å². The van der Waals surface area contributed by atoms with Crippen molar-refractivity contribution in [3.8, 4) is 0 Å². The van der Waals surface area contributed by atoms with Crippen molar-refractivity contribution in [3.63, 3.8) is 0 Å². The molecule has 154 valence electrons. The molecule has 0 fully saturated rings. The minimum atomic E-state index is -1.71. The first-order valence-electron chi connectivity index (χ1n) is 7.67. The molecule has 3 N–H and O–H groups in total. The van der Waals surface area contributed by atoms with Crippen LogP contribution in [0, 0.1) is 29.1 Å². The Balaban J connectivity index is 2.65. The molecular weight excluding hydrogens is 425 g/mol. The largest absolute Gasteiger partial charge is 0.506 e. The summed E-state index contributed by atoms with van der Waals surface area (Å²) in [5.41, 5.74) is 3.33. The summed E-state index contributed by atoms with van der Waals surface area (Å²) in [6.07, 6.45) is 0.505. The fourth-order valence-corrected chi connectivity index (χ4v) is 2.19. The number of esters is 1. The van der Waals surface area contributed by atoms with Crippen LogP contribution in [-0.4, -0.2) is 28.9 Å². The molecule has 0 radical (unpaired) electrons. The second kappa shape index (κ2) is 8.86. The van der Waals surface area contributed by atoms with Gasteiger partial charge in [0.15, 0.2) is 40.7 Å². The van der Waals surface area contributed by atoms with E-state index in [-0.39, 0.29) is 12.7 Å². The summed E-state index contributed by atoms with van der Waals surface area (Å²) < 4.78 is 72.6. The third-order valence-electron chi connectivity index (χ3n) is 3.36. The first-order valence-corrected chi connectivity index (χ1v) is 8.05. The molecule has 0 aliphatic heterocycles. The van der Waals surface area contributed by atoms with E-state index < -0.39 is 68.6 Å². The zero-order valence-corrected chi connectivity index (χ0v) is 15.2. The molecule has 0 aliphatic carbocycles. The van der Waals surface area contributed by atoms with E-state index in [2.05, 4.69) is 14.7 Å². The van der Waals surface area contributed by atoms with Gasteiger partial charge in [-0.25, -0.2) is 36.7 Å². The predicted molar refractivity (Wildman–Crippen MR) is 94.2 cm³/mol. The van der Waals surface area contributed by atoms with E-state index >= 15 is 0 Å². The normalized spacial score (nSPS) is 12.2. The number of aliphatic imine (C=N–C) groups is 1. The van der Waals surface area contributed by atoms with Gasteiger partial charge in [-0.05, 0) is 13.0 Å². The van der Waals surface area contributed by atoms with E-state index in [1.165, 1.54) is 6.92 Å². The number of nitrogens with zero attached hydrogens (tertiary/aromatic N) is 2. The van der Waals surface area contributed by atoms with Crippen LogP contribution < -0.4 is 5.73 Å². The predicted octanol–water partition coefficient (Wildman–Crippen LogP) is 4.25. The standard InChI is InChI=1S/C17H11ClF5N3O3/c1-2-29-17(28)7(5-25-16-10(21)4-9(20)15(24)26-16)14(27)6-3-8(19)13(23)11(18)12(6)22/h3-5,27H,2H2,1H3,(H2,24,26). The van der Waals surface area contributed by atoms with Gasteiger partial charge in [-0.1, -0.05) is 11.6 Å². The molecule has 1 aromatic heterocycles. The average Bonchev–Trinajstić information content (AvgIpc) is 2.67. The highest BCUT2D eigenvalue weighted by Crippen LogP contribution is 2.29. The number of aromatic nitrogens is 1. The Labute approximate surface area is 165 Å². The lowest BCUT2D eigenvalue weighted by Gasteiger charge is -2.09. The molecule has 0 amide bonds. The summed E-state index contributed by atoms with van der Waals surface area (Å²) in [5.74, 6) is -11.3. The maximum absolute atomic E-state index is 14.2. The highest BCUT2D eigenvalue weighted by atomic mass is 35.5. The molecule has 0 bridgehead atoms. The number of nitrogens with two attached hydrogens (primary N) is 1. The Morgan fingerprint density at radius 1 is 1.21 bits per heavy atom. The smallest absolute Gasteiger partial charge is 0.343 e. The average molecular weight is 436 g/mol. The maximum Gasteiger partial charge on any atom is 0.343 e. The van der Waals surface area contributed by atoms with Gasteiger partial charge in [-0.2, -0.15) is 0 Å². The van der Waals surface area contributed by atoms with Crippen LogP contribution in [0.5, 0.6) is 0 Å². The Morgan fingerprint density at radius 2 is 1.86 bits per heavy atom. The van der Waals surface area contributed by atoms with Crippen LogP contribution in [0.25, 0.3) is 5.76 Å². The van der Waals surface area contributed by atoms with E-state index in [9.17, 15) is 31.9 Å². The molecule has 2 rings (SSSR count). The lowest BCUT2D eigenvalue weighted by molar-refractivity contribution is -0.137. The van der Waals surface area contributed by atoms with Gasteiger partial charge in [0.2, 0.25) is 0 Å². The zero-order chi connectivity index (χ0) is 21.9. The topological polar surface area (TPSA) is 97.8 Å². The van der Waals surface area contributed by atoms with Crippen LogP contribution in [0.3, 0.4) is 0 Å². The molecule has 0 aliphatic rings. The highest BCUT2D eigenvalue weighted by molar-refractivity contribution is 6.31. The van der Waals surface area contributed by atoms with Crippen LogP contribution in [0.1, 0.15) is 12.5 Å². The molecule has 12 heteroatoms. The second-order valence-electron chi connectivity index (χ2n) is 5.25. The van der Waals surface area contributed by atoms with Gasteiger partial charge in [0.1, 0.15) is 16.4 Å². The number of ether oxygens (including phenoxy) is 1. The fraction of sp³-hybridized carbons (Fsp3) is 0.118. The minimum absolute atomic E-state index is 0.194. The number of nitrogen functional groups attached to an aromatic ring is 1. The summed E-state index contributed by atoms with van der Waals surface area (Å²) in [6.45, 7) is 1.21. The number of benzene rings is 1. The fourth-order valence-electron chi connectivity index (χ4n) is 2.00. The van der Waals surface area contributed by atoms with Gasteiger partial charge < -0.3 is 15.6 Å². The van der Waals surface area contributed by atoms with Crippen molar-refractivity contribution in [2.24, 2.45) is 4.99 Å². The number of anilines is 1. The Bertz CT molecular complexity index is 1040. The van der Waals surface area contributed by atoms with Crippen LogP contribution in [-0.2, 0) is 9.53 Å². The van der Waals surface area contributed by atoms with Crippen molar-refractivity contribution in [2.45, 2.75) is 6.92 Å². The Hall–Kier alpha value is -3.21. The van der Waals surface area contributed by atoms with Gasteiger partial charge in [0.25, 0.3) is 0 Å². The number of pyridine rings is 1. The summed E-state index contributed by atoms with van der Waals surface area (Å²) >= 11 is 5.32. The number of carbonyl (C=O) groups excluding carboxylic acids is 1. The van der Waals surface area contributed by atoms with Crippen molar-refractivity contribution >= 4 is 41.2 Å². The van der Waals surface area contributed by atoms with E-state index in [1.54, 1.807) is 0 Å². The summed E-state index contributed by atoms with van der Waals surface area (Å²) in [7, 11) is 0. The van der Waals surface area contributed by atoms with Crippen LogP contribution in [0.4, 0.5) is 33.6 Å². The number of carbonyl (C=O) groups is 1. The Kier molecular flexibility index (Phi) is 6.75. The lowest BCUT2D eigenvalue weighted by Crippen LogP contribution is -2.12. The molecule has 29 heavy (non-hydrogen) atoms. The van der Waals surface area contributed by atoms with Crippen molar-refractivity contribution in [1.29, 1.82) is 0 Å². The number of hydrogen-bond acceptors (Lipinski definition) is 6. The third kappa shape index (κ3) is 4.62. The van der Waals surface area contributed by atoms with Gasteiger partial charge in [0, 0.05) is 12.3 Å². The molecule has 1 aromatic carbocycles. The molecule has 2 aromatic rings. The number of halogens is 6. The number of aliphatic hydroxyl groups excluding tert-OH is 1. The van der Waals surface area contributed by atoms with Crippen molar-refractivity contribution in [1.82, 2.24) is 4.98 Å². The summed E-state index contributed by atoms with van der Waals surface area (Å²) in [6, 6.07) is 0.616. The molecule has 0 spiro atoms. The van der Waals surface area contributed by atoms with Crippen molar-refractivity contribution in [3.05, 3.63) is 57.4 Å². The van der Waals surface area contributed by atoms with Crippen molar-refractivity contribution < 1.29 is 36.6 Å². The molecule has 0 unspecified atom stereocenters. The van der Waals surface area contributed by atoms with E-state index in [0.717, 1.165) is 0 Å². The summed E-state index contributed by atoms with van der Waals surface area (Å²) in [4.78, 5) is 18.8. The van der Waals surface area contributed by atoms with Crippen LogP contribution in [0.15, 0.2) is 22.7 Å². The first kappa shape index (κ1) is 22.1. The molecule has 6 nitrogen and oxygen atoms in total. The third-order valence-corrected chi connectivity index (χ3v) is 3.69. The monoisotopic (exact) mass is 435 g/mol. The molecular formula is C17H11ClF5N3O3. The molecule has 0 saturated heterocycles. The van der Waals surface area contributed by atoms with Gasteiger partial charge >= 0.3 is 5.97 Å². The SMILES string of the molecule is CCOC(=O)C(C=Nc1nc(N)c(F)cc1F)=C(O)c1cc(F)c(F)c(Cl)c1F. The van der Waals surface area contributed by atoms with Crippen LogP contribution in [0.2, 0.25) is 5.02 Å². The quantitative estimate of drug-likeness (QED) is 0.139. The minimum Gasteiger partial charge on any atom is -0.506 e. The second-order valence-corrected chi connectivity index (χ2v) is 5.63. The number of rotatable bonds is 5. The maximum atomic E-state index is 14.2. The molecule has 0 atom stereocenters. The van der Waals surface area contributed by atoms with E-state index in [0.29, 0.717) is 12.3 Å². The van der Waals surface area contributed by atoms with Gasteiger partial charge in [-0.3, -0.25) is 0 Å². The highest BCUT2D eigenvalue weighted by Gasteiger charge is 2.24. The first-order chi connectivity index (χ1) is 13.6. The number of hydrogen-bond donors (Lipinski definition) is 2. The Morgan fingerprint density at radius 3 is 2.48 bits per heavy atom. The van der Waals surface area contributed by atoms with Crippen LogP contribution >= 0.6 is 11.6 Å². The van der Waals surface area contributed by atoms with Gasteiger partial charge in [0.05, 0.1) is 12.2 Å². The lowest BCUT2D eigenvalue weighted by atomic mass is 10.1. The molecule has 0 saturated carbocycles. The van der Waals surface area contributed by atoms with E-state index in [1.807, 2.05) is 0 Å². The molecule has 1 heterocycles.